The molecule has 0 aromatic carbocycles. The number of hydrogen-bond acceptors (Lipinski definition) is 4. The van der Waals surface area contributed by atoms with Crippen molar-refractivity contribution in [3.63, 3.8) is 0 Å². The molecule has 78 valence electrons. The lowest BCUT2D eigenvalue weighted by atomic mass is 10.2. The van der Waals surface area contributed by atoms with E-state index in [1.165, 1.54) is 16.9 Å². The van der Waals surface area contributed by atoms with Crippen molar-refractivity contribution in [3.8, 4) is 0 Å². The largest absolute Gasteiger partial charge is 0.462 e. The van der Waals surface area contributed by atoms with Crippen LogP contribution in [0.15, 0.2) is 5.38 Å². The van der Waals surface area contributed by atoms with Crippen molar-refractivity contribution in [3.05, 3.63) is 21.4 Å². The fourth-order valence-corrected chi connectivity index (χ4v) is 2.44. The first-order valence-electron chi connectivity index (χ1n) is 4.30. The highest BCUT2D eigenvalue weighted by molar-refractivity contribution is 7.12. The molecule has 0 atom stereocenters. The Bertz CT molecular complexity index is 338. The quantitative estimate of drug-likeness (QED) is 0.794. The minimum Gasteiger partial charge on any atom is -0.462 e. The van der Waals surface area contributed by atoms with E-state index in [4.69, 9.17) is 4.74 Å². The van der Waals surface area contributed by atoms with Gasteiger partial charge in [-0.05, 0) is 23.4 Å². The molecule has 0 saturated carbocycles. The number of ether oxygens (including phenoxy) is 1. The summed E-state index contributed by atoms with van der Waals surface area (Å²) in [6.45, 7) is 3.95. The first kappa shape index (κ1) is 11.5. The molecular weight excluding hydrogens is 222 g/mol. The zero-order chi connectivity index (χ0) is 9.26. The second kappa shape index (κ2) is 4.77. The number of nitrogens with one attached hydrogen (secondary N) is 1. The minimum atomic E-state index is -0.183. The van der Waals surface area contributed by atoms with Crippen LogP contribution in [0.25, 0.3) is 0 Å². The topological polar surface area (TPSA) is 38.3 Å². The highest BCUT2D eigenvalue weighted by Gasteiger charge is 2.21. The summed E-state index contributed by atoms with van der Waals surface area (Å²) in [4.78, 5) is 12.2. The predicted octanol–water partition coefficient (Wildman–Crippen LogP) is 1.95. The third-order valence-corrected chi connectivity index (χ3v) is 3.11. The van der Waals surface area contributed by atoms with E-state index in [-0.39, 0.29) is 18.4 Å². The molecule has 0 amide bonds. The average Bonchev–Trinajstić information content (AvgIpc) is 2.62. The standard InChI is InChI=1S/C9H11NO2S.ClH/c1-2-12-9(11)8-7-4-10-3-6(7)5-13-8;/h5,10H,2-4H2,1H3;1H. The van der Waals surface area contributed by atoms with E-state index < -0.39 is 0 Å². The van der Waals surface area contributed by atoms with Crippen LogP contribution in [-0.2, 0) is 17.8 Å². The van der Waals surface area contributed by atoms with E-state index in [9.17, 15) is 4.79 Å². The van der Waals surface area contributed by atoms with Gasteiger partial charge in [0.15, 0.2) is 0 Å². The number of fused-ring (bicyclic) bond motifs is 1. The molecule has 0 spiro atoms. The van der Waals surface area contributed by atoms with Crippen molar-refractivity contribution in [1.82, 2.24) is 5.32 Å². The third-order valence-electron chi connectivity index (χ3n) is 2.06. The summed E-state index contributed by atoms with van der Waals surface area (Å²) in [5.74, 6) is -0.183. The Kier molecular flexibility index (Phi) is 3.92. The molecule has 0 fully saturated rings. The molecule has 3 nitrogen and oxygen atoms in total. The summed E-state index contributed by atoms with van der Waals surface area (Å²) >= 11 is 1.49. The zero-order valence-electron chi connectivity index (χ0n) is 7.83. The van der Waals surface area contributed by atoms with Crippen molar-refractivity contribution < 1.29 is 9.53 Å². The number of halogens is 1. The lowest BCUT2D eigenvalue weighted by Crippen LogP contribution is -2.07. The molecule has 1 N–H and O–H groups in total. The lowest BCUT2D eigenvalue weighted by molar-refractivity contribution is 0.0531. The zero-order valence-corrected chi connectivity index (χ0v) is 9.46. The molecule has 1 aliphatic heterocycles. The third kappa shape index (κ3) is 1.92. The molecule has 0 aliphatic carbocycles. The van der Waals surface area contributed by atoms with Gasteiger partial charge in [-0.15, -0.1) is 23.7 Å². The van der Waals surface area contributed by atoms with Gasteiger partial charge >= 0.3 is 5.97 Å². The van der Waals surface area contributed by atoms with Crippen LogP contribution >= 0.6 is 23.7 Å². The van der Waals surface area contributed by atoms with Crippen LogP contribution in [0.2, 0.25) is 0 Å². The highest BCUT2D eigenvalue weighted by atomic mass is 35.5. The second-order valence-electron chi connectivity index (χ2n) is 2.89. The Labute approximate surface area is 92.9 Å². The molecule has 2 heterocycles. The van der Waals surface area contributed by atoms with E-state index in [1.807, 2.05) is 12.3 Å². The molecule has 14 heavy (non-hydrogen) atoms. The van der Waals surface area contributed by atoms with Crippen molar-refractivity contribution in [2.24, 2.45) is 0 Å². The van der Waals surface area contributed by atoms with E-state index >= 15 is 0 Å². The highest BCUT2D eigenvalue weighted by Crippen LogP contribution is 2.26. The molecule has 1 aromatic rings. The van der Waals surface area contributed by atoms with Crippen molar-refractivity contribution in [2.75, 3.05) is 6.61 Å². The Balaban J connectivity index is 0.000000980. The first-order valence-corrected chi connectivity index (χ1v) is 5.18. The maximum absolute atomic E-state index is 11.4. The van der Waals surface area contributed by atoms with Gasteiger partial charge in [0.05, 0.1) is 6.61 Å². The van der Waals surface area contributed by atoms with Crippen LogP contribution < -0.4 is 5.32 Å². The van der Waals surface area contributed by atoms with Crippen LogP contribution in [0.3, 0.4) is 0 Å². The molecule has 0 radical (unpaired) electrons. The lowest BCUT2D eigenvalue weighted by Gasteiger charge is -2.00. The Morgan fingerprint density at radius 1 is 1.64 bits per heavy atom. The fraction of sp³-hybridized carbons (Fsp3) is 0.444. The molecule has 0 bridgehead atoms. The van der Waals surface area contributed by atoms with Gasteiger partial charge in [0, 0.05) is 13.1 Å². The monoisotopic (exact) mass is 233 g/mol. The van der Waals surface area contributed by atoms with Gasteiger partial charge in [-0.1, -0.05) is 0 Å². The smallest absolute Gasteiger partial charge is 0.348 e. The molecule has 0 saturated heterocycles. The molecule has 5 heteroatoms. The maximum Gasteiger partial charge on any atom is 0.348 e. The Morgan fingerprint density at radius 2 is 2.43 bits per heavy atom. The van der Waals surface area contributed by atoms with Gasteiger partial charge in [0.25, 0.3) is 0 Å². The van der Waals surface area contributed by atoms with Gasteiger partial charge < -0.3 is 10.1 Å². The summed E-state index contributed by atoms with van der Waals surface area (Å²) in [6.07, 6.45) is 0. The minimum absolute atomic E-state index is 0. The van der Waals surface area contributed by atoms with Gasteiger partial charge in [-0.3, -0.25) is 0 Å². The first-order chi connectivity index (χ1) is 6.33. The predicted molar refractivity (Wildman–Crippen MR) is 58.1 cm³/mol. The number of hydrogen-bond donors (Lipinski definition) is 1. The number of rotatable bonds is 2. The van der Waals surface area contributed by atoms with E-state index in [2.05, 4.69) is 5.32 Å². The van der Waals surface area contributed by atoms with Crippen molar-refractivity contribution >= 4 is 29.7 Å². The van der Waals surface area contributed by atoms with Gasteiger partial charge in [0.2, 0.25) is 0 Å². The molecule has 1 aliphatic rings. The summed E-state index contributed by atoms with van der Waals surface area (Å²) in [5.41, 5.74) is 2.37. The Morgan fingerprint density at radius 3 is 3.14 bits per heavy atom. The number of thiophene rings is 1. The van der Waals surface area contributed by atoms with Crippen LogP contribution in [-0.4, -0.2) is 12.6 Å². The maximum atomic E-state index is 11.4. The van der Waals surface area contributed by atoms with E-state index in [0.29, 0.717) is 6.61 Å². The second-order valence-corrected chi connectivity index (χ2v) is 3.77. The molecule has 0 unspecified atom stereocenters. The van der Waals surface area contributed by atoms with Gasteiger partial charge in [-0.2, -0.15) is 0 Å². The summed E-state index contributed by atoms with van der Waals surface area (Å²) in [7, 11) is 0. The van der Waals surface area contributed by atoms with Crippen LogP contribution in [0, 0.1) is 0 Å². The van der Waals surface area contributed by atoms with E-state index in [0.717, 1.165) is 23.5 Å². The van der Waals surface area contributed by atoms with Crippen LogP contribution in [0.1, 0.15) is 27.7 Å². The number of carbonyl (C=O) groups is 1. The number of carbonyl (C=O) groups excluding carboxylic acids is 1. The van der Waals surface area contributed by atoms with Crippen LogP contribution in [0.5, 0.6) is 0 Å². The van der Waals surface area contributed by atoms with Crippen molar-refractivity contribution in [2.45, 2.75) is 20.0 Å². The Hall–Kier alpha value is -0.580. The molecular formula is C9H12ClNO2S. The average molecular weight is 234 g/mol. The normalized spacial score (nSPS) is 13.2. The van der Waals surface area contributed by atoms with Crippen molar-refractivity contribution in [1.29, 1.82) is 0 Å². The van der Waals surface area contributed by atoms with Gasteiger partial charge in [0.1, 0.15) is 4.88 Å². The molecule has 2 rings (SSSR count). The number of esters is 1. The van der Waals surface area contributed by atoms with E-state index in [1.54, 1.807) is 0 Å². The SMILES string of the molecule is CCOC(=O)c1scc2c1CNC2.Cl. The summed E-state index contributed by atoms with van der Waals surface area (Å²) in [6, 6.07) is 0. The molecule has 1 aromatic heterocycles. The fourth-order valence-electron chi connectivity index (χ4n) is 1.45. The van der Waals surface area contributed by atoms with Crippen LogP contribution in [0.4, 0.5) is 0 Å². The summed E-state index contributed by atoms with van der Waals surface area (Å²) < 4.78 is 4.96. The van der Waals surface area contributed by atoms with Gasteiger partial charge in [-0.25, -0.2) is 4.79 Å². The summed E-state index contributed by atoms with van der Waals surface area (Å²) in [5, 5.41) is 5.23.